The molecule has 0 spiro atoms. The molecule has 0 radical (unpaired) electrons. The van der Waals surface area contributed by atoms with E-state index in [9.17, 15) is 0 Å². The van der Waals surface area contributed by atoms with Crippen molar-refractivity contribution in [2.24, 2.45) is 10.7 Å². The van der Waals surface area contributed by atoms with Gasteiger partial charge in [-0.25, -0.2) is 9.98 Å². The van der Waals surface area contributed by atoms with Crippen LogP contribution >= 0.6 is 24.0 Å². The van der Waals surface area contributed by atoms with Crippen molar-refractivity contribution in [2.75, 3.05) is 5.32 Å². The topological polar surface area (TPSA) is 72.5 Å². The maximum atomic E-state index is 5.86. The van der Waals surface area contributed by atoms with Crippen LogP contribution in [-0.2, 0) is 6.54 Å². The molecule has 0 aliphatic rings. The van der Waals surface area contributed by atoms with E-state index in [0.29, 0.717) is 18.4 Å². The quantitative estimate of drug-likeness (QED) is 0.443. The molecule has 5 nitrogen and oxygen atoms in total. The van der Waals surface area contributed by atoms with Crippen LogP contribution in [0.1, 0.15) is 26.3 Å². The number of anilines is 1. The average molecular weight is 426 g/mol. The third-order valence-corrected chi connectivity index (χ3v) is 2.69. The normalized spacial score (nSPS) is 11.5. The molecule has 1 aromatic heterocycles. The SMILES string of the molecule is CC(C)(C)Oc1ccc(CN=C(N)Nc2ccccc2)cn1.I. The molecule has 0 aliphatic heterocycles. The number of ether oxygens (including phenoxy) is 1. The van der Waals surface area contributed by atoms with Crippen molar-refractivity contribution in [3.63, 3.8) is 0 Å². The Kier molecular flexibility index (Phi) is 7.28. The minimum atomic E-state index is -0.253. The summed E-state index contributed by atoms with van der Waals surface area (Å²) >= 11 is 0. The minimum Gasteiger partial charge on any atom is -0.472 e. The number of nitrogens with zero attached hydrogens (tertiary/aromatic N) is 2. The second-order valence-electron chi connectivity index (χ2n) is 5.91. The van der Waals surface area contributed by atoms with Crippen LogP contribution in [0.5, 0.6) is 5.88 Å². The van der Waals surface area contributed by atoms with E-state index in [-0.39, 0.29) is 29.6 Å². The van der Waals surface area contributed by atoms with Crippen molar-refractivity contribution in [2.45, 2.75) is 32.9 Å². The zero-order chi connectivity index (χ0) is 16.0. The van der Waals surface area contributed by atoms with Gasteiger partial charge in [0.25, 0.3) is 0 Å². The van der Waals surface area contributed by atoms with Gasteiger partial charge in [0.1, 0.15) is 5.60 Å². The molecule has 0 fully saturated rings. The Morgan fingerprint density at radius 2 is 1.87 bits per heavy atom. The Hall–Kier alpha value is -1.83. The number of para-hydroxylation sites is 1. The summed E-state index contributed by atoms with van der Waals surface area (Å²) in [4.78, 5) is 8.57. The molecular formula is C17H23IN4O. The number of hydrogen-bond acceptors (Lipinski definition) is 3. The molecule has 6 heteroatoms. The van der Waals surface area contributed by atoms with E-state index in [4.69, 9.17) is 10.5 Å². The van der Waals surface area contributed by atoms with E-state index >= 15 is 0 Å². The Balaban J connectivity index is 0.00000264. The summed E-state index contributed by atoms with van der Waals surface area (Å²) in [7, 11) is 0. The Bertz CT molecular complexity index is 621. The molecule has 1 heterocycles. The fourth-order valence-corrected chi connectivity index (χ4v) is 1.76. The van der Waals surface area contributed by atoms with Gasteiger partial charge in [-0.1, -0.05) is 24.3 Å². The second-order valence-corrected chi connectivity index (χ2v) is 5.91. The van der Waals surface area contributed by atoms with Crippen molar-refractivity contribution < 1.29 is 4.74 Å². The summed E-state index contributed by atoms with van der Waals surface area (Å²) in [6, 6.07) is 13.5. The third-order valence-electron chi connectivity index (χ3n) is 2.69. The molecule has 0 saturated carbocycles. The standard InChI is InChI=1S/C17H22N4O.HI/c1-17(2,3)22-15-10-9-13(11-19-15)12-20-16(18)21-14-7-5-4-6-8-14;/h4-11H,12H2,1-3H3,(H3,18,20,21);1H. The van der Waals surface area contributed by atoms with E-state index in [0.717, 1.165) is 11.3 Å². The smallest absolute Gasteiger partial charge is 0.213 e. The van der Waals surface area contributed by atoms with Gasteiger partial charge in [0.15, 0.2) is 5.96 Å². The van der Waals surface area contributed by atoms with Gasteiger partial charge < -0.3 is 15.8 Å². The van der Waals surface area contributed by atoms with Crippen molar-refractivity contribution in [3.05, 3.63) is 54.2 Å². The Morgan fingerprint density at radius 3 is 2.43 bits per heavy atom. The molecule has 1 aromatic carbocycles. The summed E-state index contributed by atoms with van der Waals surface area (Å²) < 4.78 is 5.68. The van der Waals surface area contributed by atoms with Gasteiger partial charge in [-0.05, 0) is 38.5 Å². The van der Waals surface area contributed by atoms with Crippen LogP contribution in [0, 0.1) is 0 Å². The molecule has 0 bridgehead atoms. The fourth-order valence-electron chi connectivity index (χ4n) is 1.76. The molecule has 0 atom stereocenters. The lowest BCUT2D eigenvalue weighted by atomic mass is 10.2. The molecule has 0 unspecified atom stereocenters. The highest BCUT2D eigenvalue weighted by atomic mass is 127. The maximum Gasteiger partial charge on any atom is 0.213 e. The number of rotatable bonds is 4. The predicted molar refractivity (Wildman–Crippen MR) is 105 cm³/mol. The number of nitrogens with one attached hydrogen (secondary N) is 1. The molecule has 2 rings (SSSR count). The monoisotopic (exact) mass is 426 g/mol. The van der Waals surface area contributed by atoms with Gasteiger partial charge in [-0.3, -0.25) is 0 Å². The molecule has 124 valence electrons. The molecule has 23 heavy (non-hydrogen) atoms. The number of guanidine groups is 1. The first-order valence-corrected chi connectivity index (χ1v) is 7.18. The summed E-state index contributed by atoms with van der Waals surface area (Å²) in [5.41, 5.74) is 7.49. The number of halogens is 1. The lowest BCUT2D eigenvalue weighted by Crippen LogP contribution is -2.23. The number of benzene rings is 1. The Labute approximate surface area is 154 Å². The van der Waals surface area contributed by atoms with Crippen molar-refractivity contribution in [1.82, 2.24) is 4.98 Å². The van der Waals surface area contributed by atoms with Gasteiger partial charge in [0.05, 0.1) is 6.54 Å². The van der Waals surface area contributed by atoms with E-state index < -0.39 is 0 Å². The zero-order valence-electron chi connectivity index (χ0n) is 13.6. The highest BCUT2D eigenvalue weighted by Gasteiger charge is 2.12. The molecule has 0 aliphatic carbocycles. The van der Waals surface area contributed by atoms with E-state index in [2.05, 4.69) is 15.3 Å². The second kappa shape index (κ2) is 8.71. The first-order chi connectivity index (χ1) is 10.4. The van der Waals surface area contributed by atoms with Gasteiger partial charge in [0.2, 0.25) is 5.88 Å². The molecule has 3 N–H and O–H groups in total. The van der Waals surface area contributed by atoms with Crippen molar-refractivity contribution in [1.29, 1.82) is 0 Å². The van der Waals surface area contributed by atoms with Crippen LogP contribution < -0.4 is 15.8 Å². The summed E-state index contributed by atoms with van der Waals surface area (Å²) in [6.45, 7) is 6.43. The first kappa shape index (κ1) is 19.2. The largest absolute Gasteiger partial charge is 0.472 e. The molecule has 0 saturated heterocycles. The Morgan fingerprint density at radius 1 is 1.17 bits per heavy atom. The van der Waals surface area contributed by atoms with Crippen LogP contribution in [0.25, 0.3) is 0 Å². The lowest BCUT2D eigenvalue weighted by molar-refractivity contribution is 0.124. The zero-order valence-corrected chi connectivity index (χ0v) is 15.9. The number of nitrogens with two attached hydrogens (primary N) is 1. The lowest BCUT2D eigenvalue weighted by Gasteiger charge is -2.20. The van der Waals surface area contributed by atoms with Gasteiger partial charge in [-0.2, -0.15) is 0 Å². The molecule has 0 amide bonds. The first-order valence-electron chi connectivity index (χ1n) is 7.18. The van der Waals surface area contributed by atoms with Crippen molar-refractivity contribution in [3.8, 4) is 5.88 Å². The molecule has 2 aromatic rings. The average Bonchev–Trinajstić information content (AvgIpc) is 2.46. The summed E-state index contributed by atoms with van der Waals surface area (Å²) in [5.74, 6) is 0.983. The number of aromatic nitrogens is 1. The highest BCUT2D eigenvalue weighted by molar-refractivity contribution is 14.0. The third kappa shape index (κ3) is 7.32. The van der Waals surface area contributed by atoms with Crippen LogP contribution in [0.15, 0.2) is 53.7 Å². The van der Waals surface area contributed by atoms with Gasteiger partial charge >= 0.3 is 0 Å². The predicted octanol–water partition coefficient (Wildman–Crippen LogP) is 3.80. The van der Waals surface area contributed by atoms with E-state index in [1.165, 1.54) is 0 Å². The van der Waals surface area contributed by atoms with Crippen LogP contribution in [-0.4, -0.2) is 16.5 Å². The number of pyridine rings is 1. The van der Waals surface area contributed by atoms with Crippen LogP contribution in [0.2, 0.25) is 0 Å². The van der Waals surface area contributed by atoms with E-state index in [1.807, 2.05) is 63.2 Å². The van der Waals surface area contributed by atoms with Gasteiger partial charge in [-0.15, -0.1) is 24.0 Å². The number of aliphatic imine (C=N–C) groups is 1. The maximum absolute atomic E-state index is 5.86. The van der Waals surface area contributed by atoms with Gasteiger partial charge in [0, 0.05) is 18.0 Å². The van der Waals surface area contributed by atoms with E-state index in [1.54, 1.807) is 6.20 Å². The minimum absolute atomic E-state index is 0. The highest BCUT2D eigenvalue weighted by Crippen LogP contribution is 2.15. The molecular weight excluding hydrogens is 403 g/mol. The fraction of sp³-hybridized carbons (Fsp3) is 0.294. The summed E-state index contributed by atoms with van der Waals surface area (Å²) in [6.07, 6.45) is 1.75. The van der Waals surface area contributed by atoms with Crippen molar-refractivity contribution >= 4 is 35.6 Å². The van der Waals surface area contributed by atoms with Crippen LogP contribution in [0.3, 0.4) is 0 Å². The number of hydrogen-bond donors (Lipinski definition) is 2. The van der Waals surface area contributed by atoms with Crippen LogP contribution in [0.4, 0.5) is 5.69 Å². The summed E-state index contributed by atoms with van der Waals surface area (Å²) in [5, 5.41) is 3.04.